The first kappa shape index (κ1) is 78.1. The third-order valence-electron chi connectivity index (χ3n) is 16.3. The molecule has 18 N–H and O–H groups in total. The van der Waals surface area contributed by atoms with Gasteiger partial charge in [0.2, 0.25) is 65.0 Å². The number of guanidine groups is 1. The summed E-state index contributed by atoms with van der Waals surface area (Å²) in [6.07, 6.45) is -0.688. The molecule has 0 aromatic heterocycles. The van der Waals surface area contributed by atoms with Gasteiger partial charge >= 0.3 is 5.97 Å². The number of aliphatic imine (C=N–C) groups is 1. The van der Waals surface area contributed by atoms with Crippen molar-refractivity contribution in [1.29, 1.82) is 0 Å². The van der Waals surface area contributed by atoms with E-state index in [0.29, 0.717) is 19.3 Å². The number of carbonyl (C=O) groups is 12. The lowest BCUT2D eigenvalue weighted by Crippen LogP contribution is -2.63. The Balaban J connectivity index is 2.44. The lowest BCUT2D eigenvalue weighted by atomic mass is 9.93. The average Bonchev–Trinajstić information content (AvgIpc) is 2.29. The molecule has 0 unspecified atom stereocenters. The minimum absolute atomic E-state index is 0.0785. The molecule has 30 nitrogen and oxygen atoms in total. The summed E-state index contributed by atoms with van der Waals surface area (Å²) in [5.41, 5.74) is 17.2. The van der Waals surface area contributed by atoms with Crippen LogP contribution in [0.1, 0.15) is 133 Å². The first-order chi connectivity index (χ1) is 42.4. The van der Waals surface area contributed by atoms with Crippen molar-refractivity contribution >= 4 is 76.9 Å². The number of esters is 1. The largest absolute Gasteiger partial charge is 0.458 e. The Morgan fingerprint density at radius 1 is 0.678 bits per heavy atom. The molecular weight excluding hydrogens is 1170 g/mol. The topological polar surface area (TPSA) is 468 Å². The molecule has 1 heterocycles. The number of cyclic esters (lactones) is 1. The van der Waals surface area contributed by atoms with Gasteiger partial charge < -0.3 is 90.2 Å². The van der Waals surface area contributed by atoms with Crippen LogP contribution in [0.3, 0.4) is 0 Å². The Morgan fingerprint density at radius 3 is 1.78 bits per heavy atom. The summed E-state index contributed by atoms with van der Waals surface area (Å²) in [6.45, 7) is 14.6. The maximum atomic E-state index is 14.8. The maximum absolute atomic E-state index is 14.8. The minimum atomic E-state index is -1.81. The molecule has 2 rings (SSSR count). The van der Waals surface area contributed by atoms with E-state index in [4.69, 9.17) is 21.9 Å². The van der Waals surface area contributed by atoms with Crippen LogP contribution in [0.5, 0.6) is 0 Å². The van der Waals surface area contributed by atoms with Crippen LogP contribution in [-0.2, 0) is 68.7 Å². The summed E-state index contributed by atoms with van der Waals surface area (Å²) in [5.74, 6) is -12.9. The van der Waals surface area contributed by atoms with Gasteiger partial charge in [0.15, 0.2) is 5.96 Å². The molecule has 0 saturated carbocycles. The first-order valence-corrected chi connectivity index (χ1v) is 30.9. The molecule has 0 bridgehead atoms. The molecule has 1 aliphatic heterocycles. The van der Waals surface area contributed by atoms with Crippen LogP contribution in [0.4, 0.5) is 0 Å². The molecule has 0 aliphatic carbocycles. The zero-order chi connectivity index (χ0) is 68.1. The van der Waals surface area contributed by atoms with Gasteiger partial charge in [-0.05, 0) is 75.8 Å². The van der Waals surface area contributed by atoms with E-state index in [-0.39, 0.29) is 44.6 Å². The molecule has 506 valence electrons. The van der Waals surface area contributed by atoms with E-state index in [1.54, 1.807) is 62.4 Å². The molecule has 0 radical (unpaired) electrons. The highest BCUT2D eigenvalue weighted by Gasteiger charge is 2.42. The van der Waals surface area contributed by atoms with Crippen molar-refractivity contribution in [3.8, 4) is 0 Å². The lowest BCUT2D eigenvalue weighted by Gasteiger charge is -2.36. The molecule has 1 aromatic carbocycles. The Morgan fingerprint density at radius 2 is 1.22 bits per heavy atom. The number of hydrogen-bond acceptors (Lipinski definition) is 17. The second-order valence-corrected chi connectivity index (χ2v) is 23.3. The van der Waals surface area contributed by atoms with E-state index in [1.165, 1.54) is 20.9 Å². The number of aliphatic hydroxyl groups excluding tert-OH is 2. The lowest BCUT2D eigenvalue weighted by molar-refractivity contribution is -0.157. The number of likely N-dealkylation sites (N-methyl/N-ethyl adjacent to an activating group) is 2. The molecule has 90 heavy (non-hydrogen) atoms. The number of rotatable bonds is 34. The number of primary amides is 1. The van der Waals surface area contributed by atoms with Crippen LogP contribution in [0.2, 0.25) is 0 Å². The molecule has 0 spiro atoms. The molecule has 16 atom stereocenters. The summed E-state index contributed by atoms with van der Waals surface area (Å²) in [5, 5.41) is 47.2. The number of amides is 11. The molecule has 30 heteroatoms. The zero-order valence-electron chi connectivity index (χ0n) is 54.1. The Labute approximate surface area is 527 Å². The van der Waals surface area contributed by atoms with Crippen LogP contribution >= 0.6 is 0 Å². The number of nitrogens with one attached hydrogen (secondary N) is 10. The van der Waals surface area contributed by atoms with Crippen LogP contribution in [0.15, 0.2) is 35.3 Å². The minimum Gasteiger partial charge on any atom is -0.458 e. The fourth-order valence-electron chi connectivity index (χ4n) is 9.78. The van der Waals surface area contributed by atoms with E-state index >= 15 is 0 Å². The van der Waals surface area contributed by atoms with E-state index < -0.39 is 193 Å². The Bertz CT molecular complexity index is 2610. The quantitative estimate of drug-likeness (QED) is 0.0140. The third kappa shape index (κ3) is 24.8. The monoisotopic (exact) mass is 1270 g/mol. The van der Waals surface area contributed by atoms with Gasteiger partial charge in [0.25, 0.3) is 0 Å². The number of aliphatic hydroxyl groups is 2. The fourth-order valence-corrected chi connectivity index (χ4v) is 9.78. The number of carbonyl (C=O) groups excluding carboxylic acids is 12. The highest BCUT2D eigenvalue weighted by Crippen LogP contribution is 2.21. The second kappa shape index (κ2) is 39.2. The van der Waals surface area contributed by atoms with E-state index in [0.717, 1.165) is 10.5 Å². The third-order valence-corrected chi connectivity index (χ3v) is 16.3. The van der Waals surface area contributed by atoms with Crippen molar-refractivity contribution in [3.63, 3.8) is 0 Å². The Kier molecular flexibility index (Phi) is 34.0. The first-order valence-electron chi connectivity index (χ1n) is 30.9. The Hall–Kier alpha value is -7.99. The highest BCUT2D eigenvalue weighted by atomic mass is 16.5. The number of ether oxygens (including phenoxy) is 1. The number of hydrogen-bond donors (Lipinski definition) is 15. The standard InChI is InChI=1S/C60H101N15O15/c1-13-31(5)45(71-52(82)40(64-11)28-37-21-18-17-19-22-37)55(85)69-41(29-76)53(83)68-39(24-25-43(61)78)51(81)72-46(32(6)14-2)58(88)75(12)49(34(8)16-4)57(87)70-42(30-77)54(84)74-48-36(10)90-59(89)47(33(7)15-3)73-50(80)38(23-20-26-65-60(62)63)67-44(79)27-35(9)66-56(48)86/h17-19,21-22,31-36,38-42,45-49,64,76-77H,13-16,20,23-30H2,1-12H3,(H2,61,78)(H,66,86)(H,67,79)(H,68,83)(H,69,85)(H,70,87)(H,71,82)(H,72,81)(H,73,80)(H,74,84)(H4,62,63,65)/t31-,32-,33-,34-,35-,36-,38-,39+,40+,41-,42-,45-,46+,47-,48+,49-/m0/s1. The summed E-state index contributed by atoms with van der Waals surface area (Å²) < 4.78 is 5.77. The molecule has 11 amide bonds. The number of benzene rings is 1. The summed E-state index contributed by atoms with van der Waals surface area (Å²) in [7, 11) is 2.88. The van der Waals surface area contributed by atoms with E-state index in [2.05, 4.69) is 58.2 Å². The van der Waals surface area contributed by atoms with Gasteiger partial charge in [0.1, 0.15) is 60.5 Å². The second-order valence-electron chi connectivity index (χ2n) is 23.3. The maximum Gasteiger partial charge on any atom is 0.329 e. The van der Waals surface area contributed by atoms with E-state index in [9.17, 15) is 67.7 Å². The summed E-state index contributed by atoms with van der Waals surface area (Å²) in [4.78, 5) is 171. The van der Waals surface area contributed by atoms with Gasteiger partial charge in [-0.25, -0.2) is 4.79 Å². The van der Waals surface area contributed by atoms with Crippen LogP contribution in [0, 0.1) is 23.7 Å². The molecular formula is C60H101N15O15. The predicted octanol–water partition coefficient (Wildman–Crippen LogP) is -3.15. The van der Waals surface area contributed by atoms with Crippen LogP contribution < -0.4 is 70.4 Å². The van der Waals surface area contributed by atoms with Crippen molar-refractivity contribution in [2.45, 2.75) is 206 Å². The smallest absolute Gasteiger partial charge is 0.329 e. The molecule has 1 saturated heterocycles. The van der Waals surface area contributed by atoms with Crippen molar-refractivity contribution < 1.29 is 72.5 Å². The normalized spacial score (nSPS) is 21.0. The van der Waals surface area contributed by atoms with Crippen molar-refractivity contribution in [2.75, 3.05) is 33.9 Å². The summed E-state index contributed by atoms with van der Waals surface area (Å²) in [6, 6.07) is -5.73. The van der Waals surface area contributed by atoms with Gasteiger partial charge in [0, 0.05) is 32.5 Å². The van der Waals surface area contributed by atoms with Gasteiger partial charge in [-0.15, -0.1) is 0 Å². The number of nitrogens with zero attached hydrogens (tertiary/aromatic N) is 2. The molecule has 1 aromatic rings. The van der Waals surface area contributed by atoms with Crippen molar-refractivity contribution in [1.82, 2.24) is 58.1 Å². The highest BCUT2D eigenvalue weighted by molar-refractivity contribution is 5.99. The molecule has 1 aliphatic rings. The average molecular weight is 1270 g/mol. The predicted molar refractivity (Wildman–Crippen MR) is 333 cm³/mol. The summed E-state index contributed by atoms with van der Waals surface area (Å²) >= 11 is 0. The van der Waals surface area contributed by atoms with Crippen LogP contribution in [0.25, 0.3) is 0 Å². The van der Waals surface area contributed by atoms with Gasteiger partial charge in [-0.3, -0.25) is 57.7 Å². The van der Waals surface area contributed by atoms with Crippen molar-refractivity contribution in [2.24, 2.45) is 45.9 Å². The van der Waals surface area contributed by atoms with Gasteiger partial charge in [-0.1, -0.05) is 111 Å². The van der Waals surface area contributed by atoms with Gasteiger partial charge in [-0.2, -0.15) is 0 Å². The molecule has 1 fully saturated rings. The van der Waals surface area contributed by atoms with Crippen molar-refractivity contribution in [3.05, 3.63) is 35.9 Å². The SMILES string of the molecule is CC[C@H](C)[C@H](NC(=O)[C@@H](Cc1ccccc1)NC)C(=O)N[C@@H](CO)C(=O)N[C@H](CCC(N)=O)C(=O)N[C@@H](C(=O)N(C)[C@H](C(=O)N[C@@H](CO)C(=O)N[C@H]1C(=O)N[C@@H](C)CC(=O)N[C@@H](CCCN=C(N)N)C(=O)N[C@@H]([C@@H](C)CC)C(=O)O[C@H]1C)[C@@H](C)CC)[C@@H](C)CC. The van der Waals surface area contributed by atoms with Crippen LogP contribution in [-0.4, -0.2) is 198 Å². The zero-order valence-corrected chi connectivity index (χ0v) is 54.1. The van der Waals surface area contributed by atoms with E-state index in [1.807, 2.05) is 30.3 Å². The number of nitrogens with two attached hydrogens (primary N) is 3. The van der Waals surface area contributed by atoms with Gasteiger partial charge in [0.05, 0.1) is 19.3 Å². The fraction of sp³-hybridized carbons (Fsp3) is 0.683.